The van der Waals surface area contributed by atoms with E-state index < -0.39 is 5.97 Å². The Morgan fingerprint density at radius 3 is 2.52 bits per heavy atom. The number of carboxylic acids is 1. The molecule has 0 aromatic heterocycles. The number of nitrogens with one attached hydrogen (secondary N) is 1. The molecule has 1 amide bonds. The molecule has 0 aliphatic carbocycles. The highest BCUT2D eigenvalue weighted by Crippen LogP contribution is 2.25. The lowest BCUT2D eigenvalue weighted by Gasteiger charge is -2.26. The predicted molar refractivity (Wildman–Crippen MR) is 96.1 cm³/mol. The zero-order chi connectivity index (χ0) is 18.4. The van der Waals surface area contributed by atoms with E-state index in [4.69, 9.17) is 4.74 Å². The summed E-state index contributed by atoms with van der Waals surface area (Å²) in [6.45, 7) is 4.51. The van der Waals surface area contributed by atoms with Crippen LogP contribution in [0.15, 0.2) is 48.5 Å². The average molecular weight is 341 g/mol. The Labute approximate surface area is 147 Å². The van der Waals surface area contributed by atoms with Gasteiger partial charge in [0.15, 0.2) is 0 Å². The van der Waals surface area contributed by atoms with Crippen molar-refractivity contribution < 1.29 is 19.4 Å². The molecule has 0 fully saturated rings. The number of carbonyl (C=O) groups is 2. The molecule has 0 unspecified atom stereocenters. The van der Waals surface area contributed by atoms with Crippen molar-refractivity contribution in [3.63, 3.8) is 0 Å². The van der Waals surface area contributed by atoms with Gasteiger partial charge in [-0.1, -0.05) is 44.2 Å². The second kappa shape index (κ2) is 7.83. The van der Waals surface area contributed by atoms with Crippen LogP contribution in [0.1, 0.15) is 35.3 Å². The number of hydrogen-bond donors (Lipinski definition) is 2. The molecule has 0 spiro atoms. The van der Waals surface area contributed by atoms with Crippen molar-refractivity contribution in [2.45, 2.75) is 25.7 Å². The smallest absolute Gasteiger partial charge is 0.335 e. The minimum absolute atomic E-state index is 0.0384. The van der Waals surface area contributed by atoms with Crippen LogP contribution in [0.3, 0.4) is 0 Å². The molecule has 2 aromatic carbocycles. The van der Waals surface area contributed by atoms with Crippen LogP contribution >= 0.6 is 0 Å². The SMILES string of the molecule is COc1cccc(C(C)(C)CNC(=O)Cc2ccccc2C(=O)O)c1. The summed E-state index contributed by atoms with van der Waals surface area (Å²) in [7, 11) is 1.62. The highest BCUT2D eigenvalue weighted by atomic mass is 16.5. The number of carbonyl (C=O) groups excluding carboxylic acids is 1. The zero-order valence-electron chi connectivity index (χ0n) is 14.7. The molecule has 0 radical (unpaired) electrons. The van der Waals surface area contributed by atoms with Crippen molar-refractivity contribution in [1.82, 2.24) is 5.32 Å². The highest BCUT2D eigenvalue weighted by Gasteiger charge is 2.22. The first-order valence-electron chi connectivity index (χ1n) is 8.06. The summed E-state index contributed by atoms with van der Waals surface area (Å²) in [5, 5.41) is 12.1. The van der Waals surface area contributed by atoms with Crippen molar-refractivity contribution in [2.24, 2.45) is 0 Å². The van der Waals surface area contributed by atoms with Gasteiger partial charge in [0.1, 0.15) is 5.75 Å². The van der Waals surface area contributed by atoms with Crippen LogP contribution in [-0.4, -0.2) is 30.6 Å². The zero-order valence-corrected chi connectivity index (χ0v) is 14.7. The highest BCUT2D eigenvalue weighted by molar-refractivity contribution is 5.91. The van der Waals surface area contributed by atoms with E-state index in [-0.39, 0.29) is 23.3 Å². The van der Waals surface area contributed by atoms with Gasteiger partial charge in [-0.05, 0) is 29.3 Å². The number of carboxylic acid groups (broad SMARTS) is 1. The molecule has 5 nitrogen and oxygen atoms in total. The van der Waals surface area contributed by atoms with Crippen LogP contribution in [0.25, 0.3) is 0 Å². The number of aromatic carboxylic acids is 1. The van der Waals surface area contributed by atoms with E-state index >= 15 is 0 Å². The monoisotopic (exact) mass is 341 g/mol. The van der Waals surface area contributed by atoms with E-state index in [1.165, 1.54) is 6.07 Å². The molecule has 0 aliphatic rings. The third-order valence-corrected chi connectivity index (χ3v) is 4.18. The molecule has 0 saturated carbocycles. The number of benzene rings is 2. The number of ether oxygens (including phenoxy) is 1. The van der Waals surface area contributed by atoms with Gasteiger partial charge in [-0.25, -0.2) is 4.79 Å². The third-order valence-electron chi connectivity index (χ3n) is 4.18. The van der Waals surface area contributed by atoms with E-state index in [9.17, 15) is 14.7 Å². The maximum atomic E-state index is 12.3. The Hall–Kier alpha value is -2.82. The van der Waals surface area contributed by atoms with Gasteiger partial charge in [0, 0.05) is 12.0 Å². The first kappa shape index (κ1) is 18.5. The summed E-state index contributed by atoms with van der Waals surface area (Å²) in [5.74, 6) is -0.461. The van der Waals surface area contributed by atoms with E-state index in [0.717, 1.165) is 11.3 Å². The molecule has 0 aliphatic heterocycles. The fraction of sp³-hybridized carbons (Fsp3) is 0.300. The van der Waals surface area contributed by atoms with Crippen LogP contribution in [0.5, 0.6) is 5.75 Å². The Bertz CT molecular complexity index is 768. The van der Waals surface area contributed by atoms with Gasteiger partial charge in [0.25, 0.3) is 0 Å². The van der Waals surface area contributed by atoms with Gasteiger partial charge in [-0.2, -0.15) is 0 Å². The van der Waals surface area contributed by atoms with E-state index in [0.29, 0.717) is 12.1 Å². The van der Waals surface area contributed by atoms with Crippen LogP contribution < -0.4 is 10.1 Å². The lowest BCUT2D eigenvalue weighted by atomic mass is 9.84. The van der Waals surface area contributed by atoms with Crippen molar-refractivity contribution in [1.29, 1.82) is 0 Å². The fourth-order valence-electron chi connectivity index (χ4n) is 2.58. The Kier molecular flexibility index (Phi) is 5.80. The molecule has 25 heavy (non-hydrogen) atoms. The lowest BCUT2D eigenvalue weighted by Crippen LogP contribution is -2.37. The molecule has 2 N–H and O–H groups in total. The minimum Gasteiger partial charge on any atom is -0.497 e. The number of hydrogen-bond acceptors (Lipinski definition) is 3. The lowest BCUT2D eigenvalue weighted by molar-refractivity contribution is -0.120. The molecule has 0 heterocycles. The van der Waals surface area contributed by atoms with Crippen LogP contribution in [0, 0.1) is 0 Å². The summed E-state index contributed by atoms with van der Waals surface area (Å²) >= 11 is 0. The largest absolute Gasteiger partial charge is 0.497 e. The van der Waals surface area contributed by atoms with Crippen molar-refractivity contribution in [3.8, 4) is 5.75 Å². The number of methoxy groups -OCH3 is 1. The van der Waals surface area contributed by atoms with Gasteiger partial charge < -0.3 is 15.2 Å². The average Bonchev–Trinajstić information content (AvgIpc) is 2.60. The molecule has 2 rings (SSSR count). The maximum Gasteiger partial charge on any atom is 0.335 e. The second-order valence-electron chi connectivity index (χ2n) is 6.53. The van der Waals surface area contributed by atoms with Crippen molar-refractivity contribution in [3.05, 3.63) is 65.2 Å². The van der Waals surface area contributed by atoms with Gasteiger partial charge in [0.2, 0.25) is 5.91 Å². The molecule has 5 heteroatoms. The maximum absolute atomic E-state index is 12.3. The molecule has 2 aromatic rings. The third kappa shape index (κ3) is 4.83. The molecular weight excluding hydrogens is 318 g/mol. The molecule has 0 bridgehead atoms. The summed E-state index contributed by atoms with van der Waals surface area (Å²) in [4.78, 5) is 23.5. The van der Waals surface area contributed by atoms with Crippen LogP contribution in [-0.2, 0) is 16.6 Å². The van der Waals surface area contributed by atoms with Gasteiger partial charge in [0.05, 0.1) is 19.1 Å². The van der Waals surface area contributed by atoms with Gasteiger partial charge in [-0.3, -0.25) is 4.79 Å². The Morgan fingerprint density at radius 1 is 1.12 bits per heavy atom. The van der Waals surface area contributed by atoms with E-state index in [1.54, 1.807) is 25.3 Å². The van der Waals surface area contributed by atoms with E-state index in [1.807, 2.05) is 38.1 Å². The summed E-state index contributed by atoms with van der Waals surface area (Å²) < 4.78 is 5.25. The van der Waals surface area contributed by atoms with Gasteiger partial charge >= 0.3 is 5.97 Å². The normalized spacial score (nSPS) is 11.0. The first-order chi connectivity index (χ1) is 11.8. The fourth-order valence-corrected chi connectivity index (χ4v) is 2.58. The number of rotatable bonds is 7. The predicted octanol–water partition coefficient (Wildman–Crippen LogP) is 3.03. The molecular formula is C20H23NO4. The topological polar surface area (TPSA) is 75.6 Å². The molecule has 132 valence electrons. The minimum atomic E-state index is -1.03. The summed E-state index contributed by atoms with van der Waals surface area (Å²) in [6.07, 6.45) is 0.0384. The quantitative estimate of drug-likeness (QED) is 0.812. The van der Waals surface area contributed by atoms with Crippen LogP contribution in [0.2, 0.25) is 0 Å². The second-order valence-corrected chi connectivity index (χ2v) is 6.53. The van der Waals surface area contributed by atoms with E-state index in [2.05, 4.69) is 5.32 Å². The first-order valence-corrected chi connectivity index (χ1v) is 8.06. The van der Waals surface area contributed by atoms with Crippen molar-refractivity contribution >= 4 is 11.9 Å². The van der Waals surface area contributed by atoms with Crippen LogP contribution in [0.4, 0.5) is 0 Å². The van der Waals surface area contributed by atoms with Crippen molar-refractivity contribution in [2.75, 3.05) is 13.7 Å². The molecule has 0 saturated heterocycles. The summed E-state index contributed by atoms with van der Waals surface area (Å²) in [6, 6.07) is 14.3. The summed E-state index contributed by atoms with van der Waals surface area (Å²) in [5.41, 5.74) is 1.44. The standard InChI is InChI=1S/C20H23NO4/c1-20(2,15-8-6-9-16(12-15)25-3)13-21-18(22)11-14-7-4-5-10-17(14)19(23)24/h4-10,12H,11,13H2,1-3H3,(H,21,22)(H,23,24). The Morgan fingerprint density at radius 2 is 1.84 bits per heavy atom. The number of amides is 1. The van der Waals surface area contributed by atoms with Gasteiger partial charge in [-0.15, -0.1) is 0 Å². The molecule has 0 atom stereocenters. The Balaban J connectivity index is 2.03.